The Kier molecular flexibility index (Phi) is 2.65. The van der Waals surface area contributed by atoms with Gasteiger partial charge in [-0.2, -0.15) is 0 Å². The van der Waals surface area contributed by atoms with Crippen molar-refractivity contribution in [2.75, 3.05) is 6.61 Å². The van der Waals surface area contributed by atoms with Crippen molar-refractivity contribution in [1.82, 2.24) is 0 Å². The Balaban J connectivity index is 2.68. The smallest absolute Gasteiger partial charge is 0.331 e. The standard InChI is InChI=1S/C9H12O3/c1-3-7(4-8-5-12-8)6(2)9(10)11/h3,8H,1,4-5H2,2H3,(H,10,11). The Labute approximate surface area is 71.3 Å². The Hall–Kier alpha value is -1.09. The normalized spacial score (nSPS) is 22.9. The topological polar surface area (TPSA) is 49.8 Å². The van der Waals surface area contributed by atoms with Crippen LogP contribution in [0.2, 0.25) is 0 Å². The molecule has 3 heteroatoms. The number of carbonyl (C=O) groups is 1. The first-order valence-electron chi connectivity index (χ1n) is 3.82. The molecule has 1 fully saturated rings. The minimum Gasteiger partial charge on any atom is -0.478 e. The number of carboxylic acid groups (broad SMARTS) is 1. The van der Waals surface area contributed by atoms with Crippen LogP contribution in [0, 0.1) is 0 Å². The first-order chi connectivity index (χ1) is 5.65. The van der Waals surface area contributed by atoms with E-state index in [1.54, 1.807) is 13.0 Å². The summed E-state index contributed by atoms with van der Waals surface area (Å²) in [7, 11) is 0. The van der Waals surface area contributed by atoms with Crippen LogP contribution in [0.15, 0.2) is 23.8 Å². The van der Waals surface area contributed by atoms with Crippen molar-refractivity contribution in [2.24, 2.45) is 0 Å². The molecule has 0 spiro atoms. The van der Waals surface area contributed by atoms with Crippen LogP contribution in [0.4, 0.5) is 0 Å². The van der Waals surface area contributed by atoms with E-state index in [2.05, 4.69) is 6.58 Å². The van der Waals surface area contributed by atoms with Gasteiger partial charge in [-0.15, -0.1) is 0 Å². The lowest BCUT2D eigenvalue weighted by molar-refractivity contribution is -0.132. The second kappa shape index (κ2) is 3.54. The molecule has 1 rings (SSSR count). The summed E-state index contributed by atoms with van der Waals surface area (Å²) < 4.78 is 5.00. The molecule has 1 saturated heterocycles. The quantitative estimate of drug-likeness (QED) is 0.391. The van der Waals surface area contributed by atoms with Crippen molar-refractivity contribution in [3.8, 4) is 0 Å². The fraction of sp³-hybridized carbons (Fsp3) is 0.444. The van der Waals surface area contributed by atoms with Gasteiger partial charge in [-0.25, -0.2) is 4.79 Å². The van der Waals surface area contributed by atoms with Gasteiger partial charge in [-0.1, -0.05) is 12.7 Å². The van der Waals surface area contributed by atoms with E-state index < -0.39 is 5.97 Å². The number of aliphatic carboxylic acids is 1. The molecule has 0 aromatic rings. The zero-order valence-electron chi connectivity index (χ0n) is 7.04. The van der Waals surface area contributed by atoms with E-state index in [-0.39, 0.29) is 6.10 Å². The van der Waals surface area contributed by atoms with E-state index >= 15 is 0 Å². The fourth-order valence-corrected chi connectivity index (χ4v) is 0.958. The first-order valence-corrected chi connectivity index (χ1v) is 3.82. The molecule has 0 aromatic heterocycles. The van der Waals surface area contributed by atoms with E-state index in [0.29, 0.717) is 12.0 Å². The number of rotatable bonds is 4. The number of epoxide rings is 1. The molecule has 0 aromatic carbocycles. The van der Waals surface area contributed by atoms with Crippen molar-refractivity contribution in [3.05, 3.63) is 23.8 Å². The molecule has 1 N–H and O–H groups in total. The summed E-state index contributed by atoms with van der Waals surface area (Å²) in [5.41, 5.74) is 1.13. The third-order valence-electron chi connectivity index (χ3n) is 1.90. The van der Waals surface area contributed by atoms with E-state index in [1.807, 2.05) is 0 Å². The second-order valence-corrected chi connectivity index (χ2v) is 2.82. The highest BCUT2D eigenvalue weighted by Crippen LogP contribution is 2.21. The van der Waals surface area contributed by atoms with Crippen LogP contribution in [-0.4, -0.2) is 23.8 Å². The van der Waals surface area contributed by atoms with Crippen LogP contribution in [0.1, 0.15) is 13.3 Å². The van der Waals surface area contributed by atoms with Gasteiger partial charge in [0.25, 0.3) is 0 Å². The Morgan fingerprint density at radius 1 is 1.83 bits per heavy atom. The monoisotopic (exact) mass is 168 g/mol. The fourth-order valence-electron chi connectivity index (χ4n) is 0.958. The molecule has 1 atom stereocenters. The molecule has 0 bridgehead atoms. The van der Waals surface area contributed by atoms with Crippen LogP contribution in [-0.2, 0) is 9.53 Å². The van der Waals surface area contributed by atoms with Crippen LogP contribution in [0.3, 0.4) is 0 Å². The number of hydrogen-bond donors (Lipinski definition) is 1. The van der Waals surface area contributed by atoms with Crippen molar-refractivity contribution < 1.29 is 14.6 Å². The molecular weight excluding hydrogens is 156 g/mol. The molecule has 0 aliphatic carbocycles. The average Bonchev–Trinajstić information content (AvgIpc) is 2.82. The van der Waals surface area contributed by atoms with Crippen molar-refractivity contribution in [2.45, 2.75) is 19.4 Å². The molecule has 1 heterocycles. The van der Waals surface area contributed by atoms with Gasteiger partial charge in [0.15, 0.2) is 0 Å². The summed E-state index contributed by atoms with van der Waals surface area (Å²) >= 11 is 0. The maximum atomic E-state index is 10.6. The summed E-state index contributed by atoms with van der Waals surface area (Å²) in [5, 5.41) is 8.67. The van der Waals surface area contributed by atoms with Crippen molar-refractivity contribution in [3.63, 3.8) is 0 Å². The molecule has 66 valence electrons. The second-order valence-electron chi connectivity index (χ2n) is 2.82. The molecule has 0 radical (unpaired) electrons. The van der Waals surface area contributed by atoms with E-state index in [4.69, 9.17) is 9.84 Å². The van der Waals surface area contributed by atoms with Gasteiger partial charge in [-0.3, -0.25) is 0 Å². The maximum absolute atomic E-state index is 10.6. The lowest BCUT2D eigenvalue weighted by Gasteiger charge is -2.01. The lowest BCUT2D eigenvalue weighted by atomic mass is 10.1. The Bertz CT molecular complexity index is 236. The highest BCUT2D eigenvalue weighted by Gasteiger charge is 2.24. The average molecular weight is 168 g/mol. The maximum Gasteiger partial charge on any atom is 0.331 e. The number of ether oxygens (including phenoxy) is 1. The number of carboxylic acids is 1. The minimum absolute atomic E-state index is 0.215. The van der Waals surface area contributed by atoms with E-state index in [1.165, 1.54) is 0 Å². The van der Waals surface area contributed by atoms with Gasteiger partial charge in [0.2, 0.25) is 0 Å². The molecule has 0 saturated carbocycles. The van der Waals surface area contributed by atoms with Crippen molar-refractivity contribution >= 4 is 5.97 Å². The van der Waals surface area contributed by atoms with Gasteiger partial charge >= 0.3 is 5.97 Å². The summed E-state index contributed by atoms with van der Waals surface area (Å²) in [4.78, 5) is 10.6. The Morgan fingerprint density at radius 3 is 2.75 bits per heavy atom. The zero-order valence-corrected chi connectivity index (χ0v) is 7.04. The molecule has 1 aliphatic rings. The van der Waals surface area contributed by atoms with Gasteiger partial charge < -0.3 is 9.84 Å². The van der Waals surface area contributed by atoms with Crippen LogP contribution >= 0.6 is 0 Å². The Morgan fingerprint density at radius 2 is 2.42 bits per heavy atom. The molecular formula is C9H12O3. The number of allylic oxidation sites excluding steroid dienone is 1. The summed E-state index contributed by atoms with van der Waals surface area (Å²) in [5.74, 6) is -0.884. The van der Waals surface area contributed by atoms with Gasteiger partial charge in [0.1, 0.15) is 0 Å². The van der Waals surface area contributed by atoms with E-state index in [0.717, 1.165) is 12.2 Å². The van der Waals surface area contributed by atoms with Gasteiger partial charge in [0.05, 0.1) is 12.7 Å². The predicted octanol–water partition coefficient (Wildman–Crippen LogP) is 1.36. The van der Waals surface area contributed by atoms with E-state index in [9.17, 15) is 4.79 Å². The van der Waals surface area contributed by atoms with Gasteiger partial charge in [-0.05, 0) is 12.5 Å². The zero-order chi connectivity index (χ0) is 9.14. The molecule has 1 unspecified atom stereocenters. The van der Waals surface area contributed by atoms with Crippen LogP contribution in [0.5, 0.6) is 0 Å². The first kappa shape index (κ1) is 9.00. The largest absolute Gasteiger partial charge is 0.478 e. The molecule has 0 amide bonds. The highest BCUT2D eigenvalue weighted by atomic mass is 16.6. The van der Waals surface area contributed by atoms with Crippen LogP contribution in [0.25, 0.3) is 0 Å². The third kappa shape index (κ3) is 2.20. The SMILES string of the molecule is C=CC(CC1CO1)=C(C)C(=O)O. The van der Waals surface area contributed by atoms with Crippen molar-refractivity contribution in [1.29, 1.82) is 0 Å². The third-order valence-corrected chi connectivity index (χ3v) is 1.90. The molecule has 12 heavy (non-hydrogen) atoms. The minimum atomic E-state index is -0.884. The highest BCUT2D eigenvalue weighted by molar-refractivity contribution is 5.87. The molecule has 1 aliphatic heterocycles. The predicted molar refractivity (Wildman–Crippen MR) is 44.9 cm³/mol. The van der Waals surface area contributed by atoms with Gasteiger partial charge in [0, 0.05) is 12.0 Å². The number of hydrogen-bond acceptors (Lipinski definition) is 2. The van der Waals surface area contributed by atoms with Crippen LogP contribution < -0.4 is 0 Å². The lowest BCUT2D eigenvalue weighted by Crippen LogP contribution is -2.01. The molecule has 3 nitrogen and oxygen atoms in total. The summed E-state index contributed by atoms with van der Waals surface area (Å²) in [6.45, 7) is 5.89. The summed E-state index contributed by atoms with van der Waals surface area (Å²) in [6.07, 6.45) is 2.47. The summed E-state index contributed by atoms with van der Waals surface area (Å²) in [6, 6.07) is 0.